The average molecular weight is 363 g/mol. The summed E-state index contributed by atoms with van der Waals surface area (Å²) in [6.07, 6.45) is 0. The molecule has 4 aromatic rings. The fraction of sp³-hybridized carbons (Fsp3) is 0.0476. The van der Waals surface area contributed by atoms with Gasteiger partial charge in [0.15, 0.2) is 5.15 Å². The minimum atomic E-state index is 0.359. The zero-order chi connectivity index (χ0) is 17.8. The molecule has 4 nitrogen and oxygen atoms in total. The molecule has 0 saturated carbocycles. The van der Waals surface area contributed by atoms with Crippen LogP contribution in [0.3, 0.4) is 0 Å². The largest absolute Gasteiger partial charge is 0.489 e. The van der Waals surface area contributed by atoms with Crippen molar-refractivity contribution >= 4 is 22.4 Å². The molecule has 0 aliphatic rings. The Bertz CT molecular complexity index is 1020. The Morgan fingerprint density at radius 2 is 1.35 bits per heavy atom. The van der Waals surface area contributed by atoms with Crippen LogP contribution in [0.25, 0.3) is 10.8 Å². The summed E-state index contributed by atoms with van der Waals surface area (Å²) < 4.78 is 11.7. The summed E-state index contributed by atoms with van der Waals surface area (Å²) in [5.74, 6) is 1.84. The fourth-order valence-corrected chi connectivity index (χ4v) is 2.78. The molecular weight excluding hydrogens is 348 g/mol. The van der Waals surface area contributed by atoms with Crippen molar-refractivity contribution in [1.29, 1.82) is 0 Å². The van der Waals surface area contributed by atoms with Gasteiger partial charge in [0.2, 0.25) is 5.88 Å². The lowest BCUT2D eigenvalue weighted by atomic mass is 10.2. The van der Waals surface area contributed by atoms with E-state index in [-0.39, 0.29) is 0 Å². The summed E-state index contributed by atoms with van der Waals surface area (Å²) in [4.78, 5) is 0. The number of halogens is 1. The van der Waals surface area contributed by atoms with E-state index >= 15 is 0 Å². The lowest BCUT2D eigenvalue weighted by Gasteiger charge is -2.09. The standard InChI is InChI=1S/C21H15ClN2O2/c22-20-18-8-4-5-9-19(18)21(24-23-20)26-17-12-10-16(11-13-17)25-14-15-6-2-1-3-7-15/h1-13H,14H2. The smallest absolute Gasteiger partial charge is 0.246 e. The number of hydrogen-bond donors (Lipinski definition) is 0. The first kappa shape index (κ1) is 16.4. The van der Waals surface area contributed by atoms with E-state index in [1.165, 1.54) is 0 Å². The minimum Gasteiger partial charge on any atom is -0.489 e. The van der Waals surface area contributed by atoms with Crippen LogP contribution in [0.5, 0.6) is 17.4 Å². The number of hydrogen-bond acceptors (Lipinski definition) is 4. The van der Waals surface area contributed by atoms with Crippen LogP contribution in [0.1, 0.15) is 5.56 Å². The Morgan fingerprint density at radius 1 is 0.692 bits per heavy atom. The maximum absolute atomic E-state index is 6.09. The molecular formula is C21H15ClN2O2. The lowest BCUT2D eigenvalue weighted by molar-refractivity contribution is 0.305. The number of benzene rings is 3. The first-order chi connectivity index (χ1) is 12.8. The number of aromatic nitrogens is 2. The van der Waals surface area contributed by atoms with Crippen LogP contribution >= 0.6 is 11.6 Å². The monoisotopic (exact) mass is 362 g/mol. The number of nitrogens with zero attached hydrogens (tertiary/aromatic N) is 2. The van der Waals surface area contributed by atoms with Crippen molar-refractivity contribution < 1.29 is 9.47 Å². The van der Waals surface area contributed by atoms with Gasteiger partial charge >= 0.3 is 0 Å². The van der Waals surface area contributed by atoms with Gasteiger partial charge in [-0.1, -0.05) is 60.1 Å². The SMILES string of the molecule is Clc1nnc(Oc2ccc(OCc3ccccc3)cc2)c2ccccc12. The molecule has 0 radical (unpaired) electrons. The molecule has 0 bridgehead atoms. The molecule has 1 heterocycles. The van der Waals surface area contributed by atoms with Gasteiger partial charge in [-0.2, -0.15) is 0 Å². The van der Waals surface area contributed by atoms with E-state index in [9.17, 15) is 0 Å². The Kier molecular flexibility index (Phi) is 4.67. The van der Waals surface area contributed by atoms with Gasteiger partial charge in [-0.3, -0.25) is 0 Å². The topological polar surface area (TPSA) is 44.2 Å². The highest BCUT2D eigenvalue weighted by Gasteiger charge is 2.09. The summed E-state index contributed by atoms with van der Waals surface area (Å²) in [5.41, 5.74) is 1.12. The van der Waals surface area contributed by atoms with Crippen LogP contribution in [0, 0.1) is 0 Å². The van der Waals surface area contributed by atoms with Gasteiger partial charge in [-0.15, -0.1) is 10.2 Å². The second-order valence-electron chi connectivity index (χ2n) is 5.69. The first-order valence-corrected chi connectivity index (χ1v) is 8.53. The Hall–Kier alpha value is -3.11. The van der Waals surface area contributed by atoms with Gasteiger partial charge in [0, 0.05) is 10.8 Å². The van der Waals surface area contributed by atoms with Crippen molar-refractivity contribution in [2.24, 2.45) is 0 Å². The summed E-state index contributed by atoms with van der Waals surface area (Å²) in [6, 6.07) is 25.0. The van der Waals surface area contributed by atoms with E-state index in [0.29, 0.717) is 23.4 Å². The maximum atomic E-state index is 6.09. The molecule has 5 heteroatoms. The summed E-state index contributed by atoms with van der Waals surface area (Å²) in [6.45, 7) is 0.522. The van der Waals surface area contributed by atoms with Gasteiger partial charge in [0.25, 0.3) is 0 Å². The molecule has 0 fully saturated rings. The highest BCUT2D eigenvalue weighted by atomic mass is 35.5. The molecule has 128 valence electrons. The second-order valence-corrected chi connectivity index (χ2v) is 6.05. The van der Waals surface area contributed by atoms with Crippen LogP contribution in [0.4, 0.5) is 0 Å². The normalized spacial score (nSPS) is 10.7. The molecule has 1 aromatic heterocycles. The predicted molar refractivity (Wildman–Crippen MR) is 102 cm³/mol. The molecule has 0 saturated heterocycles. The second kappa shape index (κ2) is 7.42. The molecule has 0 atom stereocenters. The minimum absolute atomic E-state index is 0.359. The van der Waals surface area contributed by atoms with Gasteiger partial charge < -0.3 is 9.47 Å². The van der Waals surface area contributed by atoms with E-state index < -0.39 is 0 Å². The molecule has 0 N–H and O–H groups in total. The Morgan fingerprint density at radius 3 is 2.12 bits per heavy atom. The van der Waals surface area contributed by atoms with E-state index in [2.05, 4.69) is 10.2 Å². The van der Waals surface area contributed by atoms with Crippen LogP contribution in [-0.4, -0.2) is 10.2 Å². The molecule has 0 unspecified atom stereocenters. The lowest BCUT2D eigenvalue weighted by Crippen LogP contribution is -1.95. The van der Waals surface area contributed by atoms with Crippen molar-refractivity contribution in [3.63, 3.8) is 0 Å². The maximum Gasteiger partial charge on any atom is 0.246 e. The molecule has 0 amide bonds. The van der Waals surface area contributed by atoms with Gasteiger partial charge in [-0.25, -0.2) is 0 Å². The quantitative estimate of drug-likeness (QED) is 0.460. The van der Waals surface area contributed by atoms with Crippen LogP contribution in [0.15, 0.2) is 78.9 Å². The van der Waals surface area contributed by atoms with Crippen LogP contribution in [-0.2, 0) is 6.61 Å². The van der Waals surface area contributed by atoms with E-state index in [1.54, 1.807) is 0 Å². The Balaban J connectivity index is 1.49. The van der Waals surface area contributed by atoms with Crippen LogP contribution < -0.4 is 9.47 Å². The van der Waals surface area contributed by atoms with Crippen molar-refractivity contribution in [2.75, 3.05) is 0 Å². The Labute approximate surface area is 156 Å². The van der Waals surface area contributed by atoms with Gasteiger partial charge in [-0.05, 0) is 35.9 Å². The zero-order valence-corrected chi connectivity index (χ0v) is 14.6. The third-order valence-corrected chi connectivity index (χ3v) is 4.17. The first-order valence-electron chi connectivity index (χ1n) is 8.15. The van der Waals surface area contributed by atoms with E-state index in [4.69, 9.17) is 21.1 Å². The van der Waals surface area contributed by atoms with Crippen LogP contribution in [0.2, 0.25) is 5.15 Å². The number of fused-ring (bicyclic) bond motifs is 1. The van der Waals surface area contributed by atoms with Crippen molar-refractivity contribution in [3.8, 4) is 17.4 Å². The highest BCUT2D eigenvalue weighted by Crippen LogP contribution is 2.31. The summed E-state index contributed by atoms with van der Waals surface area (Å²) >= 11 is 6.09. The molecule has 26 heavy (non-hydrogen) atoms. The van der Waals surface area contributed by atoms with Gasteiger partial charge in [0.05, 0.1) is 0 Å². The van der Waals surface area contributed by atoms with Crippen molar-refractivity contribution in [1.82, 2.24) is 10.2 Å². The molecule has 0 spiro atoms. The predicted octanol–water partition coefficient (Wildman–Crippen LogP) is 5.65. The average Bonchev–Trinajstić information content (AvgIpc) is 2.71. The van der Waals surface area contributed by atoms with E-state index in [1.807, 2.05) is 78.9 Å². The zero-order valence-electron chi connectivity index (χ0n) is 13.8. The molecule has 0 aliphatic carbocycles. The van der Waals surface area contributed by atoms with E-state index in [0.717, 1.165) is 22.1 Å². The van der Waals surface area contributed by atoms with Gasteiger partial charge in [0.1, 0.15) is 18.1 Å². The molecule has 3 aromatic carbocycles. The number of rotatable bonds is 5. The van der Waals surface area contributed by atoms with Crippen molar-refractivity contribution in [2.45, 2.75) is 6.61 Å². The third kappa shape index (κ3) is 3.60. The fourth-order valence-electron chi connectivity index (χ4n) is 2.58. The summed E-state index contributed by atoms with van der Waals surface area (Å²) in [7, 11) is 0. The highest BCUT2D eigenvalue weighted by molar-refractivity contribution is 6.34. The third-order valence-electron chi connectivity index (χ3n) is 3.89. The molecule has 4 rings (SSSR count). The molecule has 0 aliphatic heterocycles. The number of ether oxygens (including phenoxy) is 2. The summed E-state index contributed by atoms with van der Waals surface area (Å²) in [5, 5.41) is 10.00. The van der Waals surface area contributed by atoms with Crippen molar-refractivity contribution in [3.05, 3.63) is 89.6 Å².